The molecule has 1 N–H and O–H groups in total. The maximum Gasteiger partial charge on any atom is 0.243 e. The predicted molar refractivity (Wildman–Crippen MR) is 151 cm³/mol. The highest BCUT2D eigenvalue weighted by Gasteiger charge is 2.32. The molecule has 2 amide bonds. The van der Waals surface area contributed by atoms with Gasteiger partial charge in [0.25, 0.3) is 0 Å². The molecule has 190 valence electrons. The lowest BCUT2D eigenvalue weighted by Crippen LogP contribution is -2.54. The van der Waals surface area contributed by atoms with Crippen molar-refractivity contribution in [2.24, 2.45) is 0 Å². The molecular formula is C29H32Cl2N2O2S. The van der Waals surface area contributed by atoms with Crippen molar-refractivity contribution in [1.29, 1.82) is 0 Å². The van der Waals surface area contributed by atoms with Crippen molar-refractivity contribution in [2.75, 3.05) is 5.75 Å². The molecule has 36 heavy (non-hydrogen) atoms. The van der Waals surface area contributed by atoms with E-state index in [0.717, 1.165) is 16.0 Å². The summed E-state index contributed by atoms with van der Waals surface area (Å²) in [6.45, 7) is 6.15. The highest BCUT2D eigenvalue weighted by Crippen LogP contribution is 2.23. The van der Waals surface area contributed by atoms with Crippen LogP contribution < -0.4 is 5.32 Å². The van der Waals surface area contributed by atoms with Gasteiger partial charge in [-0.05, 0) is 68.3 Å². The van der Waals surface area contributed by atoms with E-state index in [1.807, 2.05) is 87.5 Å². The van der Waals surface area contributed by atoms with Gasteiger partial charge in [0.1, 0.15) is 6.04 Å². The summed E-state index contributed by atoms with van der Waals surface area (Å²) in [5.74, 6) is 0.353. The lowest BCUT2D eigenvalue weighted by molar-refractivity contribution is -0.141. The lowest BCUT2D eigenvalue weighted by atomic mass is 10.0. The lowest BCUT2D eigenvalue weighted by Gasteiger charge is -2.34. The molecule has 0 aliphatic heterocycles. The molecule has 0 aromatic heterocycles. The van der Waals surface area contributed by atoms with Crippen LogP contribution >= 0.6 is 35.0 Å². The van der Waals surface area contributed by atoms with E-state index in [9.17, 15) is 9.59 Å². The number of benzene rings is 3. The van der Waals surface area contributed by atoms with Gasteiger partial charge < -0.3 is 10.2 Å². The van der Waals surface area contributed by atoms with Crippen LogP contribution in [0.1, 0.15) is 38.3 Å². The van der Waals surface area contributed by atoms with E-state index in [1.165, 1.54) is 0 Å². The van der Waals surface area contributed by atoms with E-state index in [2.05, 4.69) is 5.32 Å². The number of nitrogens with zero attached hydrogens (tertiary/aromatic N) is 1. The average Bonchev–Trinajstić information content (AvgIpc) is 2.83. The molecule has 1 atom stereocenters. The normalized spacial score (nSPS) is 12.1. The quantitative estimate of drug-likeness (QED) is 0.279. The van der Waals surface area contributed by atoms with Gasteiger partial charge in [-0.2, -0.15) is 0 Å². The van der Waals surface area contributed by atoms with Crippen LogP contribution in [0.5, 0.6) is 0 Å². The Morgan fingerprint density at radius 2 is 1.44 bits per heavy atom. The summed E-state index contributed by atoms with van der Waals surface area (Å²) in [7, 11) is 0. The smallest absolute Gasteiger partial charge is 0.243 e. The maximum atomic E-state index is 13.6. The first-order valence-electron chi connectivity index (χ1n) is 11.9. The number of halogens is 2. The summed E-state index contributed by atoms with van der Waals surface area (Å²) in [4.78, 5) is 29.9. The van der Waals surface area contributed by atoms with E-state index >= 15 is 0 Å². The Bertz CT molecular complexity index is 1130. The molecule has 0 radical (unpaired) electrons. The van der Waals surface area contributed by atoms with Gasteiger partial charge in [0, 0.05) is 45.6 Å². The Morgan fingerprint density at radius 3 is 2.03 bits per heavy atom. The SMILES string of the molecule is CC(C)(C)NC(=O)[C@H](Cc1ccccc1)N(Cc1ccc(Cl)cc1)C(=O)CCSc1ccc(Cl)cc1. The summed E-state index contributed by atoms with van der Waals surface area (Å²) in [6.07, 6.45) is 0.724. The Kier molecular flexibility index (Phi) is 10.3. The van der Waals surface area contributed by atoms with E-state index < -0.39 is 11.6 Å². The van der Waals surface area contributed by atoms with Crippen molar-refractivity contribution in [1.82, 2.24) is 10.2 Å². The first kappa shape index (κ1) is 28.1. The van der Waals surface area contributed by atoms with Gasteiger partial charge in [0.05, 0.1) is 0 Å². The van der Waals surface area contributed by atoms with E-state index in [-0.39, 0.29) is 11.8 Å². The molecule has 0 saturated heterocycles. The van der Waals surface area contributed by atoms with Gasteiger partial charge >= 0.3 is 0 Å². The zero-order valence-corrected chi connectivity index (χ0v) is 23.2. The fraction of sp³-hybridized carbons (Fsp3) is 0.310. The van der Waals surface area contributed by atoms with Crippen LogP contribution in [0.3, 0.4) is 0 Å². The highest BCUT2D eigenvalue weighted by molar-refractivity contribution is 7.99. The predicted octanol–water partition coefficient (Wildman–Crippen LogP) is 7.03. The van der Waals surface area contributed by atoms with Gasteiger partial charge in [-0.1, -0.05) is 65.7 Å². The van der Waals surface area contributed by atoms with Crippen LogP contribution in [0.4, 0.5) is 0 Å². The Hall–Kier alpha value is -2.47. The number of thioether (sulfide) groups is 1. The Balaban J connectivity index is 1.85. The van der Waals surface area contributed by atoms with Crippen molar-refractivity contribution in [3.63, 3.8) is 0 Å². The molecule has 0 saturated carbocycles. The molecule has 0 aliphatic carbocycles. The molecule has 0 spiro atoms. The van der Waals surface area contributed by atoms with Gasteiger partial charge in [0.2, 0.25) is 11.8 Å². The summed E-state index contributed by atoms with van der Waals surface area (Å²) >= 11 is 13.7. The van der Waals surface area contributed by atoms with Gasteiger partial charge in [-0.15, -0.1) is 11.8 Å². The van der Waals surface area contributed by atoms with Crippen LogP contribution in [-0.2, 0) is 22.6 Å². The second kappa shape index (κ2) is 13.2. The van der Waals surface area contributed by atoms with Crippen molar-refractivity contribution in [2.45, 2.75) is 56.6 Å². The van der Waals surface area contributed by atoms with Crippen LogP contribution in [0.25, 0.3) is 0 Å². The molecule has 0 unspecified atom stereocenters. The number of hydrogen-bond donors (Lipinski definition) is 1. The molecule has 0 fully saturated rings. The molecule has 0 aliphatic rings. The molecular weight excluding hydrogens is 511 g/mol. The summed E-state index contributed by atoms with van der Waals surface area (Å²) in [6, 6.07) is 24.1. The fourth-order valence-electron chi connectivity index (χ4n) is 3.72. The molecule has 3 aromatic carbocycles. The average molecular weight is 544 g/mol. The molecule has 7 heteroatoms. The largest absolute Gasteiger partial charge is 0.350 e. The first-order chi connectivity index (χ1) is 17.1. The zero-order valence-electron chi connectivity index (χ0n) is 20.8. The van der Waals surface area contributed by atoms with Crippen LogP contribution in [0.15, 0.2) is 83.8 Å². The number of carbonyl (C=O) groups excluding carboxylic acids is 2. The van der Waals surface area contributed by atoms with Crippen molar-refractivity contribution < 1.29 is 9.59 Å². The number of hydrogen-bond acceptors (Lipinski definition) is 3. The third-order valence-electron chi connectivity index (χ3n) is 5.43. The Labute approximate surface area is 228 Å². The highest BCUT2D eigenvalue weighted by atomic mass is 35.5. The van der Waals surface area contributed by atoms with Crippen LogP contribution in [-0.4, -0.2) is 34.0 Å². The minimum absolute atomic E-state index is 0.0728. The summed E-state index contributed by atoms with van der Waals surface area (Å²) in [5, 5.41) is 4.39. The molecule has 3 aromatic rings. The minimum Gasteiger partial charge on any atom is -0.350 e. The fourth-order valence-corrected chi connectivity index (χ4v) is 4.82. The van der Waals surface area contributed by atoms with Crippen LogP contribution in [0.2, 0.25) is 10.0 Å². The maximum absolute atomic E-state index is 13.6. The second-order valence-electron chi connectivity index (χ2n) is 9.65. The van der Waals surface area contributed by atoms with Crippen LogP contribution in [0, 0.1) is 0 Å². The standard InChI is InChI=1S/C29H32Cl2N2O2S/c1-29(2,3)32-28(35)26(19-21-7-5-4-6-8-21)33(20-22-9-11-23(30)12-10-22)27(34)17-18-36-25-15-13-24(31)14-16-25/h4-16,26H,17-20H2,1-3H3,(H,32,35)/t26-/m0/s1. The van der Waals surface area contributed by atoms with Gasteiger partial charge in [-0.3, -0.25) is 9.59 Å². The van der Waals surface area contributed by atoms with E-state index in [4.69, 9.17) is 23.2 Å². The van der Waals surface area contributed by atoms with E-state index in [0.29, 0.717) is 35.2 Å². The summed E-state index contributed by atoms with van der Waals surface area (Å²) < 4.78 is 0. The molecule has 3 rings (SSSR count). The zero-order chi connectivity index (χ0) is 26.1. The van der Waals surface area contributed by atoms with Crippen molar-refractivity contribution in [3.8, 4) is 0 Å². The number of carbonyl (C=O) groups is 2. The first-order valence-corrected chi connectivity index (χ1v) is 13.6. The topological polar surface area (TPSA) is 49.4 Å². The number of rotatable bonds is 10. The third kappa shape index (κ3) is 9.20. The molecule has 4 nitrogen and oxygen atoms in total. The third-order valence-corrected chi connectivity index (χ3v) is 6.95. The molecule has 0 bridgehead atoms. The van der Waals surface area contributed by atoms with Crippen molar-refractivity contribution >= 4 is 46.8 Å². The second-order valence-corrected chi connectivity index (χ2v) is 11.7. The number of nitrogens with one attached hydrogen (secondary N) is 1. The van der Waals surface area contributed by atoms with E-state index in [1.54, 1.807) is 28.8 Å². The van der Waals surface area contributed by atoms with Gasteiger partial charge in [-0.25, -0.2) is 0 Å². The summed E-state index contributed by atoms with van der Waals surface area (Å²) in [5.41, 5.74) is 1.49. The Morgan fingerprint density at radius 1 is 0.861 bits per heavy atom. The van der Waals surface area contributed by atoms with Gasteiger partial charge in [0.15, 0.2) is 0 Å². The molecule has 0 heterocycles. The number of amides is 2. The van der Waals surface area contributed by atoms with Crippen molar-refractivity contribution in [3.05, 3.63) is 100 Å². The minimum atomic E-state index is -0.657. The monoisotopic (exact) mass is 542 g/mol.